The normalized spacial score (nSPS) is 11.6. The maximum atomic E-state index is 12.7. The molecule has 0 aliphatic rings. The van der Waals surface area contributed by atoms with E-state index in [9.17, 15) is 14.4 Å². The first-order valence-electron chi connectivity index (χ1n) is 11.7. The zero-order valence-corrected chi connectivity index (χ0v) is 20.2. The Balaban J connectivity index is 1.35. The highest BCUT2D eigenvalue weighted by atomic mass is 16.5. The van der Waals surface area contributed by atoms with Crippen molar-refractivity contribution in [3.63, 3.8) is 0 Å². The molecule has 1 aromatic heterocycles. The number of hydrogen-bond donors (Lipinski definition) is 1. The Hall–Kier alpha value is -4.39. The minimum Gasteiger partial charge on any atom is -0.494 e. The van der Waals surface area contributed by atoms with Gasteiger partial charge < -0.3 is 19.2 Å². The third kappa shape index (κ3) is 6.39. The van der Waals surface area contributed by atoms with E-state index in [0.717, 1.165) is 16.9 Å². The molecule has 1 heterocycles. The third-order valence-electron chi connectivity index (χ3n) is 5.61. The van der Waals surface area contributed by atoms with Crippen LogP contribution in [0.25, 0.3) is 11.0 Å². The van der Waals surface area contributed by atoms with Gasteiger partial charge in [0, 0.05) is 17.9 Å². The van der Waals surface area contributed by atoms with Crippen LogP contribution in [-0.2, 0) is 4.79 Å². The molecule has 1 amide bonds. The molecule has 0 saturated heterocycles. The van der Waals surface area contributed by atoms with Crippen LogP contribution in [0.15, 0.2) is 88.1 Å². The van der Waals surface area contributed by atoms with Crippen molar-refractivity contribution in [2.75, 3.05) is 6.61 Å². The predicted molar refractivity (Wildman–Crippen MR) is 136 cm³/mol. The van der Waals surface area contributed by atoms with Gasteiger partial charge in [-0.2, -0.15) is 0 Å². The minimum atomic E-state index is -0.767. The van der Waals surface area contributed by atoms with E-state index in [0.29, 0.717) is 18.4 Å². The summed E-state index contributed by atoms with van der Waals surface area (Å²) in [4.78, 5) is 37.4. The molecule has 0 saturated carbocycles. The summed E-state index contributed by atoms with van der Waals surface area (Å²) in [6.45, 7) is 4.21. The molecule has 7 nitrogen and oxygen atoms in total. The van der Waals surface area contributed by atoms with Crippen LogP contribution in [0.5, 0.6) is 11.5 Å². The lowest BCUT2D eigenvalue weighted by molar-refractivity contribution is -0.134. The standard InChI is InChI=1S/C29H27NO6/c1-19-8-6-11-23(16-19)34-15-7-12-27(31)35-24-14-13-22-17-25(29(33)36-26(22)18-24)28(32)30-20(2)21-9-4-3-5-10-21/h3-6,8-11,13-14,16-18,20H,7,12,15H2,1-2H3,(H,30,32). The van der Waals surface area contributed by atoms with Crippen LogP contribution in [-0.4, -0.2) is 18.5 Å². The number of hydrogen-bond acceptors (Lipinski definition) is 6. The Labute approximate surface area is 208 Å². The van der Waals surface area contributed by atoms with Gasteiger partial charge in [0.2, 0.25) is 0 Å². The number of rotatable bonds is 9. The lowest BCUT2D eigenvalue weighted by atomic mass is 10.1. The molecule has 0 fully saturated rings. The SMILES string of the molecule is Cc1cccc(OCCCC(=O)Oc2ccc3cc(C(=O)NC(C)c4ccccc4)c(=O)oc3c2)c1. The fourth-order valence-electron chi connectivity index (χ4n) is 3.71. The van der Waals surface area contributed by atoms with Crippen LogP contribution in [0.4, 0.5) is 0 Å². The van der Waals surface area contributed by atoms with Crippen LogP contribution in [0, 0.1) is 6.92 Å². The Kier molecular flexibility index (Phi) is 7.80. The second-order valence-corrected chi connectivity index (χ2v) is 8.50. The molecule has 7 heteroatoms. The summed E-state index contributed by atoms with van der Waals surface area (Å²) in [6.07, 6.45) is 0.668. The van der Waals surface area contributed by atoms with Crippen molar-refractivity contribution in [1.82, 2.24) is 5.32 Å². The number of carbonyl (C=O) groups is 2. The smallest absolute Gasteiger partial charge is 0.349 e. The summed E-state index contributed by atoms with van der Waals surface area (Å²) in [5.41, 5.74) is 1.38. The van der Waals surface area contributed by atoms with Crippen molar-refractivity contribution in [3.05, 3.63) is 106 Å². The van der Waals surface area contributed by atoms with Gasteiger partial charge in [-0.05, 0) is 61.7 Å². The number of carbonyl (C=O) groups excluding carboxylic acids is 2. The average molecular weight is 486 g/mol. The minimum absolute atomic E-state index is 0.0939. The topological polar surface area (TPSA) is 94.8 Å². The Morgan fingerprint density at radius 3 is 2.53 bits per heavy atom. The van der Waals surface area contributed by atoms with Gasteiger partial charge in [0.25, 0.3) is 5.91 Å². The van der Waals surface area contributed by atoms with Gasteiger partial charge in [-0.1, -0.05) is 42.5 Å². The fraction of sp³-hybridized carbons (Fsp3) is 0.207. The number of aryl methyl sites for hydroxylation is 1. The summed E-state index contributed by atoms with van der Waals surface area (Å²) >= 11 is 0. The molecular formula is C29H27NO6. The van der Waals surface area contributed by atoms with Crippen molar-refractivity contribution in [3.8, 4) is 11.5 Å². The molecule has 4 aromatic rings. The van der Waals surface area contributed by atoms with Gasteiger partial charge in [-0.15, -0.1) is 0 Å². The lowest BCUT2D eigenvalue weighted by Crippen LogP contribution is -2.30. The van der Waals surface area contributed by atoms with Crippen LogP contribution < -0.4 is 20.4 Å². The van der Waals surface area contributed by atoms with Crippen molar-refractivity contribution in [1.29, 1.82) is 0 Å². The van der Waals surface area contributed by atoms with E-state index in [-0.39, 0.29) is 29.4 Å². The summed E-state index contributed by atoms with van der Waals surface area (Å²) in [5.74, 6) is 0.0708. The first-order chi connectivity index (χ1) is 17.4. The Bertz CT molecular complexity index is 1430. The maximum absolute atomic E-state index is 12.7. The number of amides is 1. The first kappa shape index (κ1) is 24.7. The average Bonchev–Trinajstić information content (AvgIpc) is 2.86. The Morgan fingerprint density at radius 1 is 0.944 bits per heavy atom. The molecule has 1 atom stereocenters. The summed E-state index contributed by atoms with van der Waals surface area (Å²) in [5, 5.41) is 3.35. The van der Waals surface area contributed by atoms with Crippen LogP contribution in [0.1, 0.15) is 47.3 Å². The Morgan fingerprint density at radius 2 is 1.75 bits per heavy atom. The highest BCUT2D eigenvalue weighted by Gasteiger charge is 2.17. The van der Waals surface area contributed by atoms with Gasteiger partial charge in [0.15, 0.2) is 0 Å². The van der Waals surface area contributed by atoms with E-state index in [1.807, 2.05) is 68.4 Å². The van der Waals surface area contributed by atoms with E-state index < -0.39 is 17.5 Å². The molecule has 0 spiro atoms. The molecule has 0 radical (unpaired) electrons. The van der Waals surface area contributed by atoms with E-state index in [1.165, 1.54) is 12.1 Å². The van der Waals surface area contributed by atoms with Gasteiger partial charge >= 0.3 is 11.6 Å². The molecular weight excluding hydrogens is 458 g/mol. The number of fused-ring (bicyclic) bond motifs is 1. The number of esters is 1. The number of benzene rings is 3. The second kappa shape index (κ2) is 11.4. The highest BCUT2D eigenvalue weighted by molar-refractivity contribution is 5.97. The second-order valence-electron chi connectivity index (χ2n) is 8.50. The van der Waals surface area contributed by atoms with Crippen LogP contribution in [0.3, 0.4) is 0 Å². The summed E-state index contributed by atoms with van der Waals surface area (Å²) in [7, 11) is 0. The van der Waals surface area contributed by atoms with E-state index in [2.05, 4.69) is 5.32 Å². The van der Waals surface area contributed by atoms with Gasteiger partial charge in [0.1, 0.15) is 22.6 Å². The highest BCUT2D eigenvalue weighted by Crippen LogP contribution is 2.22. The van der Waals surface area contributed by atoms with Gasteiger partial charge in [0.05, 0.1) is 12.6 Å². The fourth-order valence-corrected chi connectivity index (χ4v) is 3.71. The summed E-state index contributed by atoms with van der Waals surface area (Å²) < 4.78 is 16.4. The molecule has 4 rings (SSSR count). The molecule has 0 bridgehead atoms. The van der Waals surface area contributed by atoms with E-state index >= 15 is 0 Å². The zero-order chi connectivity index (χ0) is 25.5. The quantitative estimate of drug-likeness (QED) is 0.148. The van der Waals surface area contributed by atoms with Crippen LogP contribution >= 0.6 is 0 Å². The molecule has 1 unspecified atom stereocenters. The molecule has 3 aromatic carbocycles. The van der Waals surface area contributed by atoms with Gasteiger partial charge in [-0.3, -0.25) is 9.59 Å². The monoisotopic (exact) mass is 485 g/mol. The van der Waals surface area contributed by atoms with Crippen molar-refractivity contribution in [2.45, 2.75) is 32.7 Å². The van der Waals surface area contributed by atoms with Gasteiger partial charge in [-0.25, -0.2) is 4.79 Å². The molecule has 184 valence electrons. The van der Waals surface area contributed by atoms with E-state index in [4.69, 9.17) is 13.9 Å². The zero-order valence-electron chi connectivity index (χ0n) is 20.2. The maximum Gasteiger partial charge on any atom is 0.349 e. The molecule has 1 N–H and O–H groups in total. The van der Waals surface area contributed by atoms with Crippen molar-refractivity contribution < 1.29 is 23.5 Å². The lowest BCUT2D eigenvalue weighted by Gasteiger charge is -2.14. The molecule has 36 heavy (non-hydrogen) atoms. The largest absolute Gasteiger partial charge is 0.494 e. The van der Waals surface area contributed by atoms with Crippen molar-refractivity contribution >= 4 is 22.8 Å². The number of ether oxygens (including phenoxy) is 2. The van der Waals surface area contributed by atoms with Crippen LogP contribution in [0.2, 0.25) is 0 Å². The molecule has 0 aliphatic heterocycles. The number of nitrogens with one attached hydrogen (secondary N) is 1. The van der Waals surface area contributed by atoms with E-state index in [1.54, 1.807) is 12.1 Å². The predicted octanol–water partition coefficient (Wildman–Crippen LogP) is 5.36. The summed E-state index contributed by atoms with van der Waals surface area (Å²) in [6, 6.07) is 23.0. The third-order valence-corrected chi connectivity index (χ3v) is 5.61. The molecule has 0 aliphatic carbocycles. The first-order valence-corrected chi connectivity index (χ1v) is 11.7. The van der Waals surface area contributed by atoms with Crippen molar-refractivity contribution in [2.24, 2.45) is 0 Å².